The molecule has 0 saturated heterocycles. The van der Waals surface area contributed by atoms with Gasteiger partial charge in [0, 0.05) is 12.5 Å². The standard InChI is InChI=1S/C12H21N3O2S/c1-5-9(6-2)10-14-15-12(18-10)13-7-8(3)11(16)17-4/h8-9H,5-7H2,1-4H3,(H,13,15). The molecular formula is C12H21N3O2S. The second-order valence-corrected chi connectivity index (χ2v) is 5.27. The Morgan fingerprint density at radius 2 is 2.06 bits per heavy atom. The Hall–Kier alpha value is -1.17. The summed E-state index contributed by atoms with van der Waals surface area (Å²) < 4.78 is 4.67. The predicted octanol–water partition coefficient (Wildman–Crippen LogP) is 2.66. The number of nitrogens with zero attached hydrogens (tertiary/aromatic N) is 2. The third kappa shape index (κ3) is 3.94. The number of hydrogen-bond acceptors (Lipinski definition) is 6. The summed E-state index contributed by atoms with van der Waals surface area (Å²) in [5, 5.41) is 13.2. The number of anilines is 1. The number of ether oxygens (including phenoxy) is 1. The van der Waals surface area contributed by atoms with Gasteiger partial charge in [0.2, 0.25) is 5.13 Å². The Bertz CT molecular complexity index is 377. The predicted molar refractivity (Wildman–Crippen MR) is 72.9 cm³/mol. The highest BCUT2D eigenvalue weighted by atomic mass is 32.1. The maximum absolute atomic E-state index is 11.2. The first-order valence-corrected chi connectivity index (χ1v) is 7.09. The van der Waals surface area contributed by atoms with E-state index in [9.17, 15) is 4.79 Å². The molecule has 0 radical (unpaired) electrons. The first-order valence-electron chi connectivity index (χ1n) is 6.27. The third-order valence-electron chi connectivity index (χ3n) is 2.94. The van der Waals surface area contributed by atoms with Crippen molar-refractivity contribution in [2.24, 2.45) is 5.92 Å². The van der Waals surface area contributed by atoms with Gasteiger partial charge in [-0.15, -0.1) is 10.2 Å². The molecule has 18 heavy (non-hydrogen) atoms. The van der Waals surface area contributed by atoms with Gasteiger partial charge in [0.1, 0.15) is 5.01 Å². The number of aromatic nitrogens is 2. The first-order chi connectivity index (χ1) is 8.62. The molecule has 1 rings (SSSR count). The first kappa shape index (κ1) is 14.9. The van der Waals surface area contributed by atoms with Crippen LogP contribution in [0.1, 0.15) is 44.5 Å². The lowest BCUT2D eigenvalue weighted by atomic mass is 10.1. The fourth-order valence-corrected chi connectivity index (χ4v) is 2.65. The van der Waals surface area contributed by atoms with Crippen LogP contribution in [0.3, 0.4) is 0 Å². The largest absolute Gasteiger partial charge is 0.469 e. The highest BCUT2D eigenvalue weighted by molar-refractivity contribution is 7.15. The van der Waals surface area contributed by atoms with E-state index < -0.39 is 0 Å². The van der Waals surface area contributed by atoms with E-state index in [1.165, 1.54) is 7.11 Å². The molecule has 1 heterocycles. The smallest absolute Gasteiger partial charge is 0.310 e. The van der Waals surface area contributed by atoms with E-state index in [-0.39, 0.29) is 11.9 Å². The maximum atomic E-state index is 11.2. The highest BCUT2D eigenvalue weighted by Crippen LogP contribution is 2.28. The van der Waals surface area contributed by atoms with Crippen molar-refractivity contribution >= 4 is 22.4 Å². The van der Waals surface area contributed by atoms with Crippen molar-refractivity contribution in [1.29, 1.82) is 0 Å². The van der Waals surface area contributed by atoms with Crippen molar-refractivity contribution < 1.29 is 9.53 Å². The monoisotopic (exact) mass is 271 g/mol. The van der Waals surface area contributed by atoms with Crippen molar-refractivity contribution in [3.05, 3.63) is 5.01 Å². The molecule has 0 aromatic carbocycles. The lowest BCUT2D eigenvalue weighted by molar-refractivity contribution is -0.144. The summed E-state index contributed by atoms with van der Waals surface area (Å²) in [6.45, 7) is 6.65. The Labute approximate surface area is 112 Å². The molecule has 1 aromatic rings. The summed E-state index contributed by atoms with van der Waals surface area (Å²) in [4.78, 5) is 11.2. The van der Waals surface area contributed by atoms with Crippen LogP contribution in [0.25, 0.3) is 0 Å². The van der Waals surface area contributed by atoms with Crippen molar-refractivity contribution in [3.63, 3.8) is 0 Å². The highest BCUT2D eigenvalue weighted by Gasteiger charge is 2.16. The van der Waals surface area contributed by atoms with Crippen LogP contribution in [0.5, 0.6) is 0 Å². The zero-order chi connectivity index (χ0) is 13.5. The van der Waals surface area contributed by atoms with E-state index in [2.05, 4.69) is 34.1 Å². The number of methoxy groups -OCH3 is 1. The van der Waals surface area contributed by atoms with Crippen LogP contribution in [0, 0.1) is 5.92 Å². The second kappa shape index (κ2) is 7.31. The fraction of sp³-hybridized carbons (Fsp3) is 0.750. The molecular weight excluding hydrogens is 250 g/mol. The van der Waals surface area contributed by atoms with Crippen LogP contribution in [-0.2, 0) is 9.53 Å². The number of esters is 1. The molecule has 0 bridgehead atoms. The van der Waals surface area contributed by atoms with Crippen LogP contribution in [0.4, 0.5) is 5.13 Å². The van der Waals surface area contributed by atoms with Crippen LogP contribution in [-0.4, -0.2) is 29.8 Å². The number of rotatable bonds is 7. The van der Waals surface area contributed by atoms with Crippen LogP contribution in [0.15, 0.2) is 0 Å². The van der Waals surface area contributed by atoms with Gasteiger partial charge in [-0.2, -0.15) is 0 Å². The van der Waals surface area contributed by atoms with Crippen LogP contribution in [0.2, 0.25) is 0 Å². The lowest BCUT2D eigenvalue weighted by Gasteiger charge is -2.09. The molecule has 0 spiro atoms. The van der Waals surface area contributed by atoms with Gasteiger partial charge in [0.05, 0.1) is 13.0 Å². The molecule has 1 unspecified atom stereocenters. The van der Waals surface area contributed by atoms with E-state index in [0.29, 0.717) is 12.5 Å². The van der Waals surface area contributed by atoms with Crippen molar-refractivity contribution in [2.45, 2.75) is 39.5 Å². The molecule has 0 fully saturated rings. The lowest BCUT2D eigenvalue weighted by Crippen LogP contribution is -2.21. The average Bonchev–Trinajstić information content (AvgIpc) is 2.85. The van der Waals surface area contributed by atoms with Crippen LogP contribution >= 0.6 is 11.3 Å². The summed E-state index contributed by atoms with van der Waals surface area (Å²) in [7, 11) is 1.40. The van der Waals surface area contributed by atoms with E-state index in [1.807, 2.05) is 6.92 Å². The molecule has 1 atom stereocenters. The zero-order valence-electron chi connectivity index (χ0n) is 11.4. The van der Waals surface area contributed by atoms with Gasteiger partial charge in [-0.3, -0.25) is 4.79 Å². The Morgan fingerprint density at radius 3 is 2.61 bits per heavy atom. The van der Waals surface area contributed by atoms with Crippen molar-refractivity contribution in [1.82, 2.24) is 10.2 Å². The molecule has 1 N–H and O–H groups in total. The van der Waals surface area contributed by atoms with Gasteiger partial charge in [-0.1, -0.05) is 32.1 Å². The van der Waals surface area contributed by atoms with E-state index in [0.717, 1.165) is 23.0 Å². The Kier molecular flexibility index (Phi) is 6.04. The minimum absolute atomic E-state index is 0.185. The normalized spacial score (nSPS) is 12.5. The molecule has 0 amide bonds. The molecule has 0 aliphatic rings. The summed E-state index contributed by atoms with van der Waals surface area (Å²) in [6.07, 6.45) is 2.15. The second-order valence-electron chi connectivity index (χ2n) is 4.26. The number of nitrogens with one attached hydrogen (secondary N) is 1. The van der Waals surface area contributed by atoms with E-state index in [1.54, 1.807) is 11.3 Å². The quantitative estimate of drug-likeness (QED) is 0.772. The SMILES string of the molecule is CCC(CC)c1nnc(NCC(C)C(=O)OC)s1. The van der Waals surface area contributed by atoms with Crippen molar-refractivity contribution in [3.8, 4) is 0 Å². The average molecular weight is 271 g/mol. The summed E-state index contributed by atoms with van der Waals surface area (Å²) in [5.74, 6) is 0.0822. The van der Waals surface area contributed by atoms with Gasteiger partial charge in [-0.25, -0.2) is 0 Å². The molecule has 6 heteroatoms. The summed E-state index contributed by atoms with van der Waals surface area (Å²) in [5.41, 5.74) is 0. The number of carbonyl (C=O) groups is 1. The minimum atomic E-state index is -0.216. The van der Waals surface area contributed by atoms with Crippen molar-refractivity contribution in [2.75, 3.05) is 19.0 Å². The topological polar surface area (TPSA) is 64.1 Å². The molecule has 5 nitrogen and oxygen atoms in total. The Balaban J connectivity index is 2.51. The maximum Gasteiger partial charge on any atom is 0.310 e. The van der Waals surface area contributed by atoms with E-state index in [4.69, 9.17) is 0 Å². The van der Waals surface area contributed by atoms with Gasteiger partial charge in [0.15, 0.2) is 0 Å². The molecule has 1 aromatic heterocycles. The van der Waals surface area contributed by atoms with Gasteiger partial charge in [0.25, 0.3) is 0 Å². The van der Waals surface area contributed by atoms with Crippen LogP contribution < -0.4 is 5.32 Å². The molecule has 0 aliphatic heterocycles. The molecule has 102 valence electrons. The molecule has 0 saturated carbocycles. The minimum Gasteiger partial charge on any atom is -0.469 e. The third-order valence-corrected chi connectivity index (χ3v) is 3.98. The number of hydrogen-bond donors (Lipinski definition) is 1. The summed E-state index contributed by atoms with van der Waals surface area (Å²) in [6, 6.07) is 0. The molecule has 0 aliphatic carbocycles. The zero-order valence-corrected chi connectivity index (χ0v) is 12.2. The van der Waals surface area contributed by atoms with Gasteiger partial charge >= 0.3 is 5.97 Å². The van der Waals surface area contributed by atoms with Gasteiger partial charge < -0.3 is 10.1 Å². The summed E-state index contributed by atoms with van der Waals surface area (Å²) >= 11 is 1.57. The number of carbonyl (C=O) groups excluding carboxylic acids is 1. The van der Waals surface area contributed by atoms with E-state index >= 15 is 0 Å². The Morgan fingerprint density at radius 1 is 1.39 bits per heavy atom. The fourth-order valence-electron chi connectivity index (χ4n) is 1.63. The van der Waals surface area contributed by atoms with Gasteiger partial charge in [-0.05, 0) is 12.8 Å².